The molecule has 23 heavy (non-hydrogen) atoms. The van der Waals surface area contributed by atoms with Crippen molar-refractivity contribution in [1.29, 1.82) is 0 Å². The van der Waals surface area contributed by atoms with E-state index in [1.54, 1.807) is 44.7 Å². The molecule has 0 unspecified atom stereocenters. The Labute approximate surface area is 136 Å². The molecule has 0 aliphatic heterocycles. The maximum atomic E-state index is 12.5. The van der Waals surface area contributed by atoms with Crippen molar-refractivity contribution >= 4 is 11.6 Å². The number of anilines is 1. The molecule has 0 fully saturated rings. The number of nitrogens with one attached hydrogen (secondary N) is 1. The first kappa shape index (κ1) is 16.8. The lowest BCUT2D eigenvalue weighted by Gasteiger charge is -2.18. The third kappa shape index (κ3) is 4.22. The Morgan fingerprint density at radius 3 is 2.17 bits per heavy atom. The number of hydrogen-bond donors (Lipinski definition) is 1. The molecule has 0 atom stereocenters. The quantitative estimate of drug-likeness (QED) is 0.936. The number of carbonyl (C=O) groups excluding carboxylic acids is 1. The molecule has 122 valence electrons. The van der Waals surface area contributed by atoms with Gasteiger partial charge in [-0.05, 0) is 24.3 Å². The highest BCUT2D eigenvalue weighted by molar-refractivity contribution is 6.04. The lowest BCUT2D eigenvalue weighted by Crippen LogP contribution is -2.16. The normalized spacial score (nSPS) is 11.0. The maximum Gasteiger partial charge on any atom is 0.255 e. The van der Waals surface area contributed by atoms with E-state index < -0.39 is 0 Å². The van der Waals surface area contributed by atoms with Gasteiger partial charge >= 0.3 is 0 Å². The largest absolute Gasteiger partial charge is 0.497 e. The third-order valence-electron chi connectivity index (χ3n) is 3.40. The summed E-state index contributed by atoms with van der Waals surface area (Å²) in [5.41, 5.74) is 2.01. The summed E-state index contributed by atoms with van der Waals surface area (Å²) in [6, 6.07) is 8.72. The summed E-state index contributed by atoms with van der Waals surface area (Å²) in [4.78, 5) is 16.8. The van der Waals surface area contributed by atoms with Gasteiger partial charge in [0.05, 0.1) is 14.2 Å². The molecule has 2 rings (SSSR count). The molecule has 0 bridgehead atoms. The van der Waals surface area contributed by atoms with E-state index in [-0.39, 0.29) is 11.3 Å². The number of aromatic nitrogens is 1. The minimum atomic E-state index is -0.228. The topological polar surface area (TPSA) is 60.5 Å². The highest BCUT2D eigenvalue weighted by atomic mass is 16.5. The molecule has 1 heterocycles. The molecule has 1 aromatic carbocycles. The van der Waals surface area contributed by atoms with Gasteiger partial charge in [0, 0.05) is 34.6 Å². The summed E-state index contributed by atoms with van der Waals surface area (Å²) >= 11 is 0. The number of ether oxygens (including phenoxy) is 2. The SMILES string of the molecule is COc1cc(OC)cc(C(=O)Nc2ccnc(C(C)(C)C)c2)c1. The number of hydrogen-bond acceptors (Lipinski definition) is 4. The highest BCUT2D eigenvalue weighted by Gasteiger charge is 2.16. The fraction of sp³-hybridized carbons (Fsp3) is 0.333. The molecule has 1 aromatic heterocycles. The minimum absolute atomic E-state index is 0.0834. The van der Waals surface area contributed by atoms with E-state index in [1.165, 1.54) is 0 Å². The van der Waals surface area contributed by atoms with Crippen LogP contribution in [0.1, 0.15) is 36.8 Å². The fourth-order valence-corrected chi connectivity index (χ4v) is 2.06. The lowest BCUT2D eigenvalue weighted by atomic mass is 9.91. The molecular weight excluding hydrogens is 292 g/mol. The molecule has 0 saturated heterocycles. The van der Waals surface area contributed by atoms with Crippen molar-refractivity contribution in [2.24, 2.45) is 0 Å². The Bertz CT molecular complexity index is 683. The zero-order valence-corrected chi connectivity index (χ0v) is 14.1. The van der Waals surface area contributed by atoms with Crippen LogP contribution in [0.25, 0.3) is 0 Å². The second kappa shape index (κ2) is 6.69. The highest BCUT2D eigenvalue weighted by Crippen LogP contribution is 2.25. The van der Waals surface area contributed by atoms with E-state index in [0.717, 1.165) is 5.69 Å². The van der Waals surface area contributed by atoms with Crippen molar-refractivity contribution in [1.82, 2.24) is 4.98 Å². The first-order valence-electron chi connectivity index (χ1n) is 7.34. The summed E-state index contributed by atoms with van der Waals surface area (Å²) in [7, 11) is 3.10. The first-order chi connectivity index (χ1) is 10.8. The number of pyridine rings is 1. The number of methoxy groups -OCH3 is 2. The van der Waals surface area contributed by atoms with E-state index >= 15 is 0 Å². The molecule has 5 nitrogen and oxygen atoms in total. The molecule has 5 heteroatoms. The van der Waals surface area contributed by atoms with Crippen LogP contribution < -0.4 is 14.8 Å². The first-order valence-corrected chi connectivity index (χ1v) is 7.34. The van der Waals surface area contributed by atoms with Gasteiger partial charge in [0.25, 0.3) is 5.91 Å². The predicted octanol–water partition coefficient (Wildman–Crippen LogP) is 3.65. The molecule has 2 aromatic rings. The zero-order chi connectivity index (χ0) is 17.0. The lowest BCUT2D eigenvalue weighted by molar-refractivity contribution is 0.102. The van der Waals surface area contributed by atoms with Crippen molar-refractivity contribution in [3.8, 4) is 11.5 Å². The number of carbonyl (C=O) groups is 1. The summed E-state index contributed by atoms with van der Waals surface area (Å²) in [6.45, 7) is 6.23. The fourth-order valence-electron chi connectivity index (χ4n) is 2.06. The molecule has 0 spiro atoms. The van der Waals surface area contributed by atoms with Gasteiger partial charge in [-0.3, -0.25) is 9.78 Å². The monoisotopic (exact) mass is 314 g/mol. The number of benzene rings is 1. The van der Waals surface area contributed by atoms with E-state index in [0.29, 0.717) is 22.7 Å². The molecular formula is C18H22N2O3. The van der Waals surface area contributed by atoms with Gasteiger partial charge in [-0.2, -0.15) is 0 Å². The Kier molecular flexibility index (Phi) is 4.89. The summed E-state index contributed by atoms with van der Waals surface area (Å²) < 4.78 is 10.4. The van der Waals surface area contributed by atoms with E-state index in [4.69, 9.17) is 9.47 Å². The predicted molar refractivity (Wildman–Crippen MR) is 90.4 cm³/mol. The van der Waals surface area contributed by atoms with Crippen LogP contribution in [0.15, 0.2) is 36.5 Å². The molecule has 0 aliphatic rings. The van der Waals surface area contributed by atoms with Crippen LogP contribution in [-0.2, 0) is 5.41 Å². The van der Waals surface area contributed by atoms with Gasteiger partial charge in [-0.15, -0.1) is 0 Å². The van der Waals surface area contributed by atoms with Crippen molar-refractivity contribution in [3.05, 3.63) is 47.8 Å². The summed E-state index contributed by atoms with van der Waals surface area (Å²) in [5, 5.41) is 2.88. The second-order valence-corrected chi connectivity index (χ2v) is 6.24. The minimum Gasteiger partial charge on any atom is -0.497 e. The Balaban J connectivity index is 2.26. The third-order valence-corrected chi connectivity index (χ3v) is 3.40. The van der Waals surface area contributed by atoms with Gasteiger partial charge in [0.2, 0.25) is 0 Å². The van der Waals surface area contributed by atoms with Crippen LogP contribution in [0.3, 0.4) is 0 Å². The summed E-state index contributed by atoms with van der Waals surface area (Å²) in [5.74, 6) is 0.910. The Morgan fingerprint density at radius 2 is 1.65 bits per heavy atom. The zero-order valence-electron chi connectivity index (χ0n) is 14.1. The molecule has 0 aliphatic carbocycles. The average Bonchev–Trinajstić information content (AvgIpc) is 2.53. The van der Waals surface area contributed by atoms with Crippen LogP contribution in [0.5, 0.6) is 11.5 Å². The molecule has 1 N–H and O–H groups in total. The van der Waals surface area contributed by atoms with Gasteiger partial charge in [0.15, 0.2) is 0 Å². The van der Waals surface area contributed by atoms with E-state index in [2.05, 4.69) is 31.1 Å². The van der Waals surface area contributed by atoms with Crippen LogP contribution >= 0.6 is 0 Å². The van der Waals surface area contributed by atoms with Crippen LogP contribution in [0.2, 0.25) is 0 Å². The van der Waals surface area contributed by atoms with Gasteiger partial charge in [-0.25, -0.2) is 0 Å². The average molecular weight is 314 g/mol. The molecule has 0 saturated carbocycles. The van der Waals surface area contributed by atoms with Crippen molar-refractivity contribution in [3.63, 3.8) is 0 Å². The number of nitrogens with zero attached hydrogens (tertiary/aromatic N) is 1. The number of rotatable bonds is 4. The van der Waals surface area contributed by atoms with Crippen LogP contribution in [-0.4, -0.2) is 25.1 Å². The van der Waals surface area contributed by atoms with Gasteiger partial charge in [-0.1, -0.05) is 20.8 Å². The standard InChI is InChI=1S/C18H22N2O3/c1-18(2,3)16-10-13(6-7-19-16)20-17(21)12-8-14(22-4)11-15(9-12)23-5/h6-11H,1-5H3,(H,19,20,21). The van der Waals surface area contributed by atoms with Crippen LogP contribution in [0.4, 0.5) is 5.69 Å². The van der Waals surface area contributed by atoms with Crippen molar-refractivity contribution in [2.75, 3.05) is 19.5 Å². The van der Waals surface area contributed by atoms with Gasteiger partial charge < -0.3 is 14.8 Å². The van der Waals surface area contributed by atoms with Crippen molar-refractivity contribution < 1.29 is 14.3 Å². The van der Waals surface area contributed by atoms with Crippen LogP contribution in [0, 0.1) is 0 Å². The Hall–Kier alpha value is -2.56. The van der Waals surface area contributed by atoms with E-state index in [1.807, 2.05) is 6.07 Å². The maximum absolute atomic E-state index is 12.5. The molecule has 0 radical (unpaired) electrons. The van der Waals surface area contributed by atoms with Gasteiger partial charge in [0.1, 0.15) is 11.5 Å². The smallest absolute Gasteiger partial charge is 0.255 e. The van der Waals surface area contributed by atoms with E-state index in [9.17, 15) is 4.79 Å². The van der Waals surface area contributed by atoms with Crippen molar-refractivity contribution in [2.45, 2.75) is 26.2 Å². The summed E-state index contributed by atoms with van der Waals surface area (Å²) in [6.07, 6.45) is 1.70. The second-order valence-electron chi connectivity index (χ2n) is 6.24. The number of amides is 1. The Morgan fingerprint density at radius 1 is 1.04 bits per heavy atom. The molecule has 1 amide bonds.